The first-order valence-corrected chi connectivity index (χ1v) is 8.26. The zero-order valence-electron chi connectivity index (χ0n) is 13.9. The summed E-state index contributed by atoms with van der Waals surface area (Å²) in [7, 11) is 1.81. The summed E-state index contributed by atoms with van der Waals surface area (Å²) in [4.78, 5) is 29.8. The van der Waals surface area contributed by atoms with Crippen molar-refractivity contribution in [1.29, 1.82) is 0 Å². The number of anilines is 1. The molecular weight excluding hydrogens is 318 g/mol. The van der Waals surface area contributed by atoms with Crippen molar-refractivity contribution in [3.8, 4) is 0 Å². The number of hydrogen-bond acceptors (Lipinski definition) is 3. The Hall–Kier alpha value is -3.09. The summed E-state index contributed by atoms with van der Waals surface area (Å²) < 4.78 is 1.66. The molecule has 1 saturated heterocycles. The fourth-order valence-corrected chi connectivity index (χ4v) is 3.31. The Kier molecular flexibility index (Phi) is 3.76. The number of amides is 2. The number of benzene rings is 1. The molecule has 1 aliphatic rings. The normalized spacial score (nSPS) is 17.4. The van der Waals surface area contributed by atoms with Gasteiger partial charge in [0.05, 0.1) is 18.3 Å². The molecule has 0 unspecified atom stereocenters. The number of fused-ring (bicyclic) bond motifs is 1. The third-order valence-corrected chi connectivity index (χ3v) is 4.57. The molecule has 0 aliphatic carbocycles. The molecule has 25 heavy (non-hydrogen) atoms. The molecule has 4 rings (SSSR count). The van der Waals surface area contributed by atoms with Crippen LogP contribution in [0.25, 0.3) is 10.9 Å². The van der Waals surface area contributed by atoms with Crippen LogP contribution in [0.3, 0.4) is 0 Å². The molecule has 2 amide bonds. The van der Waals surface area contributed by atoms with E-state index in [1.54, 1.807) is 22.0 Å². The lowest BCUT2D eigenvalue weighted by Gasteiger charge is -2.15. The average Bonchev–Trinajstić information content (AvgIpc) is 3.29. The highest BCUT2D eigenvalue weighted by Gasteiger charge is 2.34. The fourth-order valence-electron chi connectivity index (χ4n) is 3.31. The lowest BCUT2D eigenvalue weighted by Crippen LogP contribution is -2.42. The van der Waals surface area contributed by atoms with Gasteiger partial charge >= 0.3 is 0 Å². The van der Waals surface area contributed by atoms with Gasteiger partial charge in [0.2, 0.25) is 11.8 Å². The predicted molar refractivity (Wildman–Crippen MR) is 94.1 cm³/mol. The zero-order valence-corrected chi connectivity index (χ0v) is 13.9. The van der Waals surface area contributed by atoms with E-state index in [0.717, 1.165) is 22.2 Å². The van der Waals surface area contributed by atoms with Crippen LogP contribution in [-0.4, -0.2) is 39.2 Å². The second kappa shape index (κ2) is 6.08. The molecule has 1 aliphatic heterocycles. The molecule has 0 spiro atoms. The van der Waals surface area contributed by atoms with Crippen LogP contribution < -0.4 is 10.2 Å². The minimum Gasteiger partial charge on any atom is -0.361 e. The maximum absolute atomic E-state index is 12.5. The number of nitrogens with one attached hydrogen (secondary N) is 2. The van der Waals surface area contributed by atoms with Gasteiger partial charge in [-0.25, -0.2) is 0 Å². The van der Waals surface area contributed by atoms with Crippen LogP contribution in [0.1, 0.15) is 12.0 Å². The summed E-state index contributed by atoms with van der Waals surface area (Å²) >= 11 is 0. The number of carbonyl (C=O) groups excluding carboxylic acids is 2. The first-order chi connectivity index (χ1) is 12.1. The van der Waals surface area contributed by atoms with Crippen molar-refractivity contribution < 1.29 is 9.59 Å². The van der Waals surface area contributed by atoms with Crippen molar-refractivity contribution >= 4 is 28.4 Å². The second-order valence-corrected chi connectivity index (χ2v) is 6.31. The average molecular weight is 337 g/mol. The Balaban J connectivity index is 1.42. The highest BCUT2D eigenvalue weighted by atomic mass is 16.2. The lowest BCUT2D eigenvalue weighted by molar-refractivity contribution is -0.126. The summed E-state index contributed by atoms with van der Waals surface area (Å²) in [5.74, 6) is -0.226. The largest absolute Gasteiger partial charge is 0.361 e. The lowest BCUT2D eigenvalue weighted by atomic mass is 10.1. The second-order valence-electron chi connectivity index (χ2n) is 6.31. The topological polar surface area (TPSA) is 83.0 Å². The van der Waals surface area contributed by atoms with E-state index in [-0.39, 0.29) is 18.2 Å². The van der Waals surface area contributed by atoms with Crippen LogP contribution in [0.5, 0.6) is 0 Å². The first kappa shape index (κ1) is 15.4. The number of aromatic amines is 1. The van der Waals surface area contributed by atoms with E-state index in [1.165, 1.54) is 0 Å². The number of hydrogen-bond donors (Lipinski definition) is 2. The van der Waals surface area contributed by atoms with Crippen molar-refractivity contribution in [1.82, 2.24) is 20.1 Å². The van der Waals surface area contributed by atoms with Gasteiger partial charge < -0.3 is 15.2 Å². The zero-order chi connectivity index (χ0) is 17.4. The van der Waals surface area contributed by atoms with Gasteiger partial charge in [0.15, 0.2) is 0 Å². The van der Waals surface area contributed by atoms with Crippen molar-refractivity contribution in [3.63, 3.8) is 0 Å². The SMILES string of the molecule is Cn1cc(N2CC[C@H](NC(=O)Cc3c[nH]c4ccccc34)C2=O)cn1. The highest BCUT2D eigenvalue weighted by molar-refractivity contribution is 6.01. The molecule has 3 aromatic rings. The Labute approximate surface area is 144 Å². The maximum atomic E-state index is 12.5. The van der Waals surface area contributed by atoms with Gasteiger partial charge in [0, 0.05) is 36.9 Å². The van der Waals surface area contributed by atoms with Crippen LogP contribution >= 0.6 is 0 Å². The Morgan fingerprint density at radius 3 is 3.04 bits per heavy atom. The monoisotopic (exact) mass is 337 g/mol. The Morgan fingerprint density at radius 2 is 2.24 bits per heavy atom. The number of aryl methyl sites for hydroxylation is 1. The van der Waals surface area contributed by atoms with Gasteiger partial charge in [-0.1, -0.05) is 18.2 Å². The molecule has 0 radical (unpaired) electrons. The number of H-pyrrole nitrogens is 1. The smallest absolute Gasteiger partial charge is 0.249 e. The number of nitrogens with zero attached hydrogens (tertiary/aromatic N) is 3. The van der Waals surface area contributed by atoms with Crippen molar-refractivity contribution in [3.05, 3.63) is 48.4 Å². The summed E-state index contributed by atoms with van der Waals surface area (Å²) in [6, 6.07) is 7.39. The third kappa shape index (κ3) is 2.88. The summed E-state index contributed by atoms with van der Waals surface area (Å²) in [5.41, 5.74) is 2.70. The number of para-hydroxylation sites is 1. The quantitative estimate of drug-likeness (QED) is 0.754. The molecule has 0 saturated carbocycles. The Bertz CT molecular complexity index is 942. The number of carbonyl (C=O) groups is 2. The van der Waals surface area contributed by atoms with Crippen molar-refractivity contribution in [2.75, 3.05) is 11.4 Å². The molecule has 1 aromatic carbocycles. The van der Waals surface area contributed by atoms with Crippen LogP contribution in [0.4, 0.5) is 5.69 Å². The molecule has 0 bridgehead atoms. The third-order valence-electron chi connectivity index (χ3n) is 4.57. The molecule has 2 aromatic heterocycles. The van der Waals surface area contributed by atoms with E-state index < -0.39 is 6.04 Å². The standard InChI is InChI=1S/C18H19N5O2/c1-22-11-13(10-20-22)23-7-6-16(18(23)25)21-17(24)8-12-9-19-15-5-3-2-4-14(12)15/h2-5,9-11,16,19H,6-8H2,1H3,(H,21,24)/t16-/m0/s1. The molecule has 128 valence electrons. The van der Waals surface area contributed by atoms with E-state index in [9.17, 15) is 9.59 Å². The van der Waals surface area contributed by atoms with Gasteiger partial charge in [0.25, 0.3) is 0 Å². The van der Waals surface area contributed by atoms with Gasteiger partial charge in [-0.2, -0.15) is 5.10 Å². The van der Waals surface area contributed by atoms with E-state index >= 15 is 0 Å². The van der Waals surface area contributed by atoms with E-state index in [2.05, 4.69) is 15.4 Å². The predicted octanol–water partition coefficient (Wildman–Crippen LogP) is 1.37. The molecule has 2 N–H and O–H groups in total. The minimum absolute atomic E-state index is 0.0831. The Morgan fingerprint density at radius 1 is 1.40 bits per heavy atom. The molecular formula is C18H19N5O2. The van der Waals surface area contributed by atoms with E-state index in [0.29, 0.717) is 13.0 Å². The number of aromatic nitrogens is 3. The van der Waals surface area contributed by atoms with Gasteiger partial charge in [-0.3, -0.25) is 14.3 Å². The van der Waals surface area contributed by atoms with Crippen LogP contribution in [0.15, 0.2) is 42.9 Å². The number of rotatable bonds is 4. The van der Waals surface area contributed by atoms with Gasteiger partial charge in [0.1, 0.15) is 6.04 Å². The summed E-state index contributed by atoms with van der Waals surface area (Å²) in [5, 5.41) is 7.99. The molecule has 7 heteroatoms. The van der Waals surface area contributed by atoms with E-state index in [1.807, 2.05) is 37.5 Å². The summed E-state index contributed by atoms with van der Waals surface area (Å²) in [6.45, 7) is 0.586. The van der Waals surface area contributed by atoms with Gasteiger partial charge in [-0.05, 0) is 18.1 Å². The van der Waals surface area contributed by atoms with Crippen LogP contribution in [-0.2, 0) is 23.1 Å². The fraction of sp³-hybridized carbons (Fsp3) is 0.278. The van der Waals surface area contributed by atoms with Crippen molar-refractivity contribution in [2.45, 2.75) is 18.9 Å². The van der Waals surface area contributed by atoms with E-state index in [4.69, 9.17) is 0 Å². The minimum atomic E-state index is -0.474. The first-order valence-electron chi connectivity index (χ1n) is 8.26. The summed E-state index contributed by atoms with van der Waals surface area (Å²) in [6.07, 6.45) is 6.17. The highest BCUT2D eigenvalue weighted by Crippen LogP contribution is 2.21. The van der Waals surface area contributed by atoms with Crippen molar-refractivity contribution in [2.24, 2.45) is 7.05 Å². The maximum Gasteiger partial charge on any atom is 0.249 e. The van der Waals surface area contributed by atoms with Gasteiger partial charge in [-0.15, -0.1) is 0 Å². The van der Waals surface area contributed by atoms with Crippen LogP contribution in [0.2, 0.25) is 0 Å². The molecule has 3 heterocycles. The molecule has 1 atom stereocenters. The van der Waals surface area contributed by atoms with Crippen LogP contribution in [0, 0.1) is 0 Å². The molecule has 1 fully saturated rings. The molecule has 7 nitrogen and oxygen atoms in total.